The molecule has 1 unspecified atom stereocenters. The third kappa shape index (κ3) is 4.28. The van der Waals surface area contributed by atoms with Gasteiger partial charge in [0.2, 0.25) is 0 Å². The highest BCUT2D eigenvalue weighted by Gasteiger charge is 2.09. The van der Waals surface area contributed by atoms with Crippen LogP contribution in [0, 0.1) is 0 Å². The molecule has 1 aromatic rings. The second kappa shape index (κ2) is 7.59. The number of aryl methyl sites for hydroxylation is 1. The normalized spacial score (nSPS) is 18.1. The lowest BCUT2D eigenvalue weighted by Crippen LogP contribution is -2.29. The minimum Gasteiger partial charge on any atom is -0.310 e. The average Bonchev–Trinajstić information content (AvgIpc) is 2.40. The van der Waals surface area contributed by atoms with Crippen LogP contribution in [0.5, 0.6) is 0 Å². The van der Waals surface area contributed by atoms with E-state index in [4.69, 9.17) is 9.59 Å². The molecule has 3 nitrogen and oxygen atoms in total. The lowest BCUT2D eigenvalue weighted by molar-refractivity contribution is -0.191. The molecule has 0 fully saturated rings. The fourth-order valence-corrected chi connectivity index (χ4v) is 2.11. The molecule has 0 aliphatic carbocycles. The molecule has 1 aliphatic rings. The predicted octanol–water partition coefficient (Wildman–Crippen LogP) is 2.43. The van der Waals surface area contributed by atoms with Gasteiger partial charge in [0.15, 0.2) is 0 Å². The first kappa shape index (κ1) is 14.4. The van der Waals surface area contributed by atoms with Gasteiger partial charge in [0.1, 0.15) is 0 Å². The summed E-state index contributed by atoms with van der Waals surface area (Å²) in [7, 11) is 0. The van der Waals surface area contributed by atoms with Gasteiger partial charge in [-0.1, -0.05) is 37.3 Å². The Balaban J connectivity index is 0.000000492. The molecule has 1 atom stereocenters. The SMILES string of the molecule is CCc1cccc(C2=CC(C)NCC2)c1.O=C=O. The van der Waals surface area contributed by atoms with Crippen molar-refractivity contribution in [2.24, 2.45) is 0 Å². The zero-order valence-electron chi connectivity index (χ0n) is 10.9. The molecule has 2 rings (SSSR count). The van der Waals surface area contributed by atoms with Crippen LogP contribution in [0.25, 0.3) is 5.57 Å². The standard InChI is InChI=1S/C14H19N.CO2/c1-3-12-5-4-6-13(10-12)14-7-8-15-11(2)9-14;2-1-3/h4-6,9-11,15H,3,7-8H2,1-2H3;. The van der Waals surface area contributed by atoms with Gasteiger partial charge in [-0.25, -0.2) is 0 Å². The van der Waals surface area contributed by atoms with E-state index in [2.05, 4.69) is 49.5 Å². The monoisotopic (exact) mass is 245 g/mol. The minimum absolute atomic E-state index is 0.250. The summed E-state index contributed by atoms with van der Waals surface area (Å²) in [5.41, 5.74) is 4.33. The van der Waals surface area contributed by atoms with E-state index in [1.165, 1.54) is 16.7 Å². The molecule has 1 aliphatic heterocycles. The molecule has 0 aromatic heterocycles. The first-order chi connectivity index (χ1) is 8.71. The highest BCUT2D eigenvalue weighted by Crippen LogP contribution is 2.22. The number of hydrogen-bond donors (Lipinski definition) is 1. The largest absolute Gasteiger partial charge is 0.373 e. The number of rotatable bonds is 2. The van der Waals surface area contributed by atoms with Gasteiger partial charge in [-0.05, 0) is 43.0 Å². The van der Waals surface area contributed by atoms with Crippen molar-refractivity contribution in [2.75, 3.05) is 6.54 Å². The lowest BCUT2D eigenvalue weighted by atomic mass is 9.96. The van der Waals surface area contributed by atoms with Crippen LogP contribution in [0.3, 0.4) is 0 Å². The maximum absolute atomic E-state index is 8.12. The highest BCUT2D eigenvalue weighted by molar-refractivity contribution is 5.67. The molecule has 96 valence electrons. The summed E-state index contributed by atoms with van der Waals surface area (Å²) in [6.07, 6.45) is 4.87. The summed E-state index contributed by atoms with van der Waals surface area (Å²) in [6, 6.07) is 9.43. The van der Waals surface area contributed by atoms with E-state index in [-0.39, 0.29) is 6.15 Å². The van der Waals surface area contributed by atoms with E-state index in [1.807, 2.05) is 0 Å². The van der Waals surface area contributed by atoms with Crippen molar-refractivity contribution in [3.05, 3.63) is 41.5 Å². The van der Waals surface area contributed by atoms with Gasteiger partial charge in [0, 0.05) is 6.04 Å². The Labute approximate surface area is 108 Å². The second-order valence-corrected chi connectivity index (χ2v) is 4.32. The van der Waals surface area contributed by atoms with E-state index in [9.17, 15) is 0 Å². The van der Waals surface area contributed by atoms with Crippen LogP contribution in [0.2, 0.25) is 0 Å². The zero-order chi connectivity index (χ0) is 13.4. The fraction of sp³-hybridized carbons (Fsp3) is 0.400. The molecule has 0 radical (unpaired) electrons. The molecule has 1 N–H and O–H groups in total. The maximum atomic E-state index is 8.12. The molecule has 1 aromatic carbocycles. The van der Waals surface area contributed by atoms with Gasteiger partial charge in [-0.15, -0.1) is 0 Å². The van der Waals surface area contributed by atoms with Crippen LogP contribution in [-0.4, -0.2) is 18.7 Å². The quantitative estimate of drug-likeness (QED) is 0.870. The second-order valence-electron chi connectivity index (χ2n) is 4.32. The van der Waals surface area contributed by atoms with Crippen molar-refractivity contribution >= 4 is 11.7 Å². The van der Waals surface area contributed by atoms with Gasteiger partial charge < -0.3 is 5.32 Å². The van der Waals surface area contributed by atoms with Crippen molar-refractivity contribution in [3.63, 3.8) is 0 Å². The van der Waals surface area contributed by atoms with Crippen molar-refractivity contribution < 1.29 is 9.59 Å². The lowest BCUT2D eigenvalue weighted by Gasteiger charge is -2.20. The van der Waals surface area contributed by atoms with Gasteiger partial charge >= 0.3 is 6.15 Å². The van der Waals surface area contributed by atoms with Crippen LogP contribution in [0.4, 0.5) is 0 Å². The van der Waals surface area contributed by atoms with E-state index < -0.39 is 0 Å². The maximum Gasteiger partial charge on any atom is 0.373 e. The molecule has 0 spiro atoms. The molecular formula is C15H19NO2. The predicted molar refractivity (Wildman–Crippen MR) is 70.9 cm³/mol. The summed E-state index contributed by atoms with van der Waals surface area (Å²) < 4.78 is 0. The Morgan fingerprint density at radius 2 is 2.11 bits per heavy atom. The Kier molecular flexibility index (Phi) is 6.06. The number of carbonyl (C=O) groups excluding carboxylic acids is 2. The average molecular weight is 245 g/mol. The number of hydrogen-bond acceptors (Lipinski definition) is 3. The Hall–Kier alpha value is -1.70. The van der Waals surface area contributed by atoms with E-state index in [0.717, 1.165) is 19.4 Å². The Morgan fingerprint density at radius 1 is 1.39 bits per heavy atom. The molecule has 0 saturated heterocycles. The zero-order valence-corrected chi connectivity index (χ0v) is 10.9. The summed E-state index contributed by atoms with van der Waals surface area (Å²) in [4.78, 5) is 16.2. The first-order valence-electron chi connectivity index (χ1n) is 6.24. The fourth-order valence-electron chi connectivity index (χ4n) is 2.11. The van der Waals surface area contributed by atoms with E-state index in [1.54, 1.807) is 0 Å². The highest BCUT2D eigenvalue weighted by atomic mass is 16.2. The number of nitrogens with one attached hydrogen (secondary N) is 1. The third-order valence-corrected chi connectivity index (χ3v) is 3.02. The summed E-state index contributed by atoms with van der Waals surface area (Å²) in [5.74, 6) is 0. The van der Waals surface area contributed by atoms with Crippen LogP contribution in [0.1, 0.15) is 31.4 Å². The van der Waals surface area contributed by atoms with Crippen LogP contribution in [0.15, 0.2) is 30.3 Å². The van der Waals surface area contributed by atoms with Crippen molar-refractivity contribution in [1.29, 1.82) is 0 Å². The molecule has 18 heavy (non-hydrogen) atoms. The number of benzene rings is 1. The molecule has 0 bridgehead atoms. The summed E-state index contributed by atoms with van der Waals surface area (Å²) >= 11 is 0. The Morgan fingerprint density at radius 3 is 2.72 bits per heavy atom. The summed E-state index contributed by atoms with van der Waals surface area (Å²) in [5, 5.41) is 3.43. The van der Waals surface area contributed by atoms with Crippen LogP contribution >= 0.6 is 0 Å². The molecule has 3 heteroatoms. The Bertz CT molecular complexity index is 446. The van der Waals surface area contributed by atoms with Gasteiger partial charge in [0.25, 0.3) is 0 Å². The molecule has 0 amide bonds. The van der Waals surface area contributed by atoms with Crippen molar-refractivity contribution in [2.45, 2.75) is 32.7 Å². The van der Waals surface area contributed by atoms with Crippen LogP contribution in [-0.2, 0) is 16.0 Å². The van der Waals surface area contributed by atoms with Crippen molar-refractivity contribution in [3.8, 4) is 0 Å². The van der Waals surface area contributed by atoms with Gasteiger partial charge in [0.05, 0.1) is 0 Å². The van der Waals surface area contributed by atoms with Crippen molar-refractivity contribution in [1.82, 2.24) is 5.32 Å². The van der Waals surface area contributed by atoms with E-state index in [0.29, 0.717) is 6.04 Å². The van der Waals surface area contributed by atoms with Crippen LogP contribution < -0.4 is 5.32 Å². The molecule has 1 heterocycles. The smallest absolute Gasteiger partial charge is 0.310 e. The topological polar surface area (TPSA) is 46.2 Å². The first-order valence-corrected chi connectivity index (χ1v) is 6.24. The van der Waals surface area contributed by atoms with E-state index >= 15 is 0 Å². The molecular weight excluding hydrogens is 226 g/mol. The van der Waals surface area contributed by atoms with Gasteiger partial charge in [-0.3, -0.25) is 0 Å². The minimum atomic E-state index is 0.250. The summed E-state index contributed by atoms with van der Waals surface area (Å²) in [6.45, 7) is 5.52. The van der Waals surface area contributed by atoms with Gasteiger partial charge in [-0.2, -0.15) is 9.59 Å². The molecule has 0 saturated carbocycles. The third-order valence-electron chi connectivity index (χ3n) is 3.02.